The van der Waals surface area contributed by atoms with Crippen LogP contribution in [0.3, 0.4) is 0 Å². The molecule has 0 N–H and O–H groups in total. The minimum atomic E-state index is 0.810. The van der Waals surface area contributed by atoms with Gasteiger partial charge in [0, 0.05) is 0 Å². The molecule has 0 heterocycles. The van der Waals surface area contributed by atoms with Crippen molar-refractivity contribution in [1.29, 1.82) is 0 Å². The largest absolute Gasteiger partial charge is 0.0622 e. The first kappa shape index (κ1) is 4.84. The lowest BCUT2D eigenvalue weighted by molar-refractivity contribution is 0.165. The number of rotatable bonds is 0. The van der Waals surface area contributed by atoms with Crippen molar-refractivity contribution in [3.8, 4) is 0 Å². The van der Waals surface area contributed by atoms with Crippen molar-refractivity contribution in [3.63, 3.8) is 0 Å². The van der Waals surface area contributed by atoms with Gasteiger partial charge in [0.15, 0.2) is 0 Å². The minimum Gasteiger partial charge on any atom is -0.0622 e. The maximum absolute atomic E-state index is 2.44. The van der Waals surface area contributed by atoms with Crippen LogP contribution >= 0.6 is 0 Å². The van der Waals surface area contributed by atoms with Gasteiger partial charge in [-0.1, -0.05) is 13.8 Å². The summed E-state index contributed by atoms with van der Waals surface area (Å²) in [5, 5.41) is 0. The fourth-order valence-corrected chi connectivity index (χ4v) is 2.72. The van der Waals surface area contributed by atoms with Crippen LogP contribution in [0, 0.1) is 17.3 Å². The number of hydrogen-bond acceptors (Lipinski definition) is 0. The van der Waals surface area contributed by atoms with Crippen LogP contribution < -0.4 is 0 Å². The summed E-state index contributed by atoms with van der Waals surface area (Å²) >= 11 is 0. The lowest BCUT2D eigenvalue weighted by atomic mass is 9.71. The first-order valence-electron chi connectivity index (χ1n) is 3.70. The van der Waals surface area contributed by atoms with E-state index in [2.05, 4.69) is 13.8 Å². The normalized spacial score (nSPS) is 60.8. The molecule has 0 aromatic rings. The smallest absolute Gasteiger partial charge is 0.0318 e. The van der Waals surface area contributed by atoms with E-state index in [1.54, 1.807) is 0 Å². The average molecular weight is 110 g/mol. The van der Waals surface area contributed by atoms with Crippen LogP contribution in [0.2, 0.25) is 0 Å². The molecular weight excluding hydrogens is 96.1 g/mol. The summed E-state index contributed by atoms with van der Waals surface area (Å²) < 4.78 is 0. The van der Waals surface area contributed by atoms with Crippen LogP contribution in [0.25, 0.3) is 0 Å². The molecule has 2 bridgehead atoms. The van der Waals surface area contributed by atoms with Crippen LogP contribution in [0.5, 0.6) is 0 Å². The van der Waals surface area contributed by atoms with Crippen molar-refractivity contribution in [2.75, 3.05) is 0 Å². The molecule has 8 heavy (non-hydrogen) atoms. The monoisotopic (exact) mass is 110 g/mol. The molecular formula is C8H14. The zero-order chi connectivity index (χ0) is 5.78. The van der Waals surface area contributed by atoms with Crippen molar-refractivity contribution in [1.82, 2.24) is 0 Å². The van der Waals surface area contributed by atoms with Crippen LogP contribution in [0.4, 0.5) is 0 Å². The summed E-state index contributed by atoms with van der Waals surface area (Å²) in [6.45, 7) is 4.84. The number of hydrogen-bond donors (Lipinski definition) is 0. The molecule has 0 saturated heterocycles. The fourth-order valence-electron chi connectivity index (χ4n) is 2.72. The first-order valence-corrected chi connectivity index (χ1v) is 3.70. The summed E-state index contributed by atoms with van der Waals surface area (Å²) in [5.74, 6) is 2.18. The highest BCUT2D eigenvalue weighted by molar-refractivity contribution is 5.01. The molecule has 3 rings (SSSR count). The molecule has 3 aliphatic rings. The molecule has 0 amide bonds. The van der Waals surface area contributed by atoms with E-state index in [1.807, 2.05) is 0 Å². The Labute approximate surface area is 51.3 Å². The van der Waals surface area contributed by atoms with Crippen LogP contribution in [-0.4, -0.2) is 0 Å². The van der Waals surface area contributed by atoms with Gasteiger partial charge >= 0.3 is 0 Å². The molecule has 3 saturated carbocycles. The molecule has 3 fully saturated rings. The molecule has 46 valence electrons. The van der Waals surface area contributed by atoms with Crippen molar-refractivity contribution >= 4 is 0 Å². The summed E-state index contributed by atoms with van der Waals surface area (Å²) in [6.07, 6.45) is 4.58. The van der Waals surface area contributed by atoms with Crippen molar-refractivity contribution < 1.29 is 0 Å². The van der Waals surface area contributed by atoms with Crippen molar-refractivity contribution in [2.45, 2.75) is 33.1 Å². The Morgan fingerprint density at radius 1 is 1.25 bits per heavy atom. The highest BCUT2D eigenvalue weighted by atomic mass is 14.6. The lowest BCUT2D eigenvalue weighted by Gasteiger charge is -2.34. The van der Waals surface area contributed by atoms with Gasteiger partial charge < -0.3 is 0 Å². The Kier molecular flexibility index (Phi) is 0.678. The van der Waals surface area contributed by atoms with Crippen LogP contribution in [-0.2, 0) is 0 Å². The van der Waals surface area contributed by atoms with E-state index in [4.69, 9.17) is 0 Å². The van der Waals surface area contributed by atoms with E-state index >= 15 is 0 Å². The Balaban J connectivity index is 2.17. The third kappa shape index (κ3) is 0.416. The van der Waals surface area contributed by atoms with E-state index in [0.717, 1.165) is 17.3 Å². The van der Waals surface area contributed by atoms with Gasteiger partial charge in [-0.3, -0.25) is 0 Å². The second-order valence-electron chi connectivity index (χ2n) is 4.16. The van der Waals surface area contributed by atoms with Crippen LogP contribution in [0.15, 0.2) is 0 Å². The molecule has 0 spiro atoms. The zero-order valence-electron chi connectivity index (χ0n) is 5.78. The molecule has 0 heteroatoms. The quantitative estimate of drug-likeness (QED) is 0.449. The molecule has 0 aliphatic heterocycles. The lowest BCUT2D eigenvalue weighted by Crippen LogP contribution is -2.23. The van der Waals surface area contributed by atoms with Gasteiger partial charge in [0.25, 0.3) is 0 Å². The standard InChI is InChI=1S/C8H14/c1-6-3-8(2)4-7(6)5-8/h6-7H,3-5H2,1-2H3. The van der Waals surface area contributed by atoms with E-state index in [-0.39, 0.29) is 0 Å². The Morgan fingerprint density at radius 2 is 1.88 bits per heavy atom. The highest BCUT2D eigenvalue weighted by Crippen LogP contribution is 2.61. The van der Waals surface area contributed by atoms with E-state index in [0.29, 0.717) is 0 Å². The maximum Gasteiger partial charge on any atom is -0.0318 e. The second kappa shape index (κ2) is 1.12. The third-order valence-electron chi connectivity index (χ3n) is 3.13. The van der Waals surface area contributed by atoms with Gasteiger partial charge in [-0.15, -0.1) is 0 Å². The van der Waals surface area contributed by atoms with E-state index < -0.39 is 0 Å². The number of fused-ring (bicyclic) bond motifs is 1. The first-order chi connectivity index (χ1) is 3.70. The van der Waals surface area contributed by atoms with Gasteiger partial charge in [0.1, 0.15) is 0 Å². The summed E-state index contributed by atoms with van der Waals surface area (Å²) in [5.41, 5.74) is 0.810. The Bertz CT molecular complexity index is 109. The summed E-state index contributed by atoms with van der Waals surface area (Å²) in [4.78, 5) is 0. The molecule has 0 aromatic heterocycles. The third-order valence-corrected chi connectivity index (χ3v) is 3.13. The maximum atomic E-state index is 2.44. The zero-order valence-corrected chi connectivity index (χ0v) is 5.78. The Morgan fingerprint density at radius 3 is 2.00 bits per heavy atom. The highest BCUT2D eigenvalue weighted by Gasteiger charge is 2.50. The van der Waals surface area contributed by atoms with Gasteiger partial charge in [-0.25, -0.2) is 0 Å². The van der Waals surface area contributed by atoms with Crippen LogP contribution in [0.1, 0.15) is 33.1 Å². The average Bonchev–Trinajstić information content (AvgIpc) is 1.88. The minimum absolute atomic E-state index is 0.810. The molecule has 0 aromatic carbocycles. The van der Waals surface area contributed by atoms with Gasteiger partial charge in [0.2, 0.25) is 0 Å². The molecule has 3 aliphatic carbocycles. The van der Waals surface area contributed by atoms with Gasteiger partial charge in [-0.2, -0.15) is 0 Å². The van der Waals surface area contributed by atoms with Crippen molar-refractivity contribution in [2.24, 2.45) is 17.3 Å². The van der Waals surface area contributed by atoms with E-state index in [1.165, 1.54) is 19.3 Å². The summed E-state index contributed by atoms with van der Waals surface area (Å²) in [7, 11) is 0. The molecule has 0 nitrogen and oxygen atoms in total. The molecule has 1 atom stereocenters. The predicted octanol–water partition coefficient (Wildman–Crippen LogP) is 2.44. The Hall–Kier alpha value is 0. The summed E-state index contributed by atoms with van der Waals surface area (Å²) in [6, 6.07) is 0. The SMILES string of the molecule is CC1CC2(C)CC1C2. The van der Waals surface area contributed by atoms with Crippen molar-refractivity contribution in [3.05, 3.63) is 0 Å². The van der Waals surface area contributed by atoms with Gasteiger partial charge in [-0.05, 0) is 36.5 Å². The molecule has 1 unspecified atom stereocenters. The van der Waals surface area contributed by atoms with Gasteiger partial charge in [0.05, 0.1) is 0 Å². The fraction of sp³-hybridized carbons (Fsp3) is 1.00. The topological polar surface area (TPSA) is 0 Å². The predicted molar refractivity (Wildman–Crippen MR) is 34.6 cm³/mol. The second-order valence-corrected chi connectivity index (χ2v) is 4.16. The molecule has 0 radical (unpaired) electrons. The van der Waals surface area contributed by atoms with E-state index in [9.17, 15) is 0 Å².